The molecule has 4 aromatic rings. The molecule has 2 heterocycles. The van der Waals surface area contributed by atoms with E-state index in [0.29, 0.717) is 36.1 Å². The highest BCUT2D eigenvalue weighted by atomic mass is 16.4. The normalized spacial score (nSPS) is 11.3. The van der Waals surface area contributed by atoms with Crippen LogP contribution in [0.4, 0.5) is 0 Å². The van der Waals surface area contributed by atoms with Crippen molar-refractivity contribution in [3.05, 3.63) is 75.3 Å². The van der Waals surface area contributed by atoms with E-state index in [1.165, 1.54) is 0 Å². The predicted octanol–water partition coefficient (Wildman–Crippen LogP) is 4.15. The van der Waals surface area contributed by atoms with Gasteiger partial charge in [0, 0.05) is 35.4 Å². The maximum Gasteiger partial charge on any atom is 0.339 e. The molecule has 0 aliphatic rings. The van der Waals surface area contributed by atoms with Crippen LogP contribution in [0.15, 0.2) is 56.3 Å². The number of rotatable bonds is 6. The van der Waals surface area contributed by atoms with E-state index in [2.05, 4.69) is 5.32 Å². The Morgan fingerprint density at radius 1 is 1.03 bits per heavy atom. The van der Waals surface area contributed by atoms with Crippen molar-refractivity contribution < 1.29 is 18.7 Å². The fraction of sp³-hybridized carbons (Fsp3) is 0.250. The number of carbonyl (C=O) groups excluding carboxylic acids is 1. The first-order chi connectivity index (χ1) is 14.4. The van der Waals surface area contributed by atoms with Gasteiger partial charge in [0.15, 0.2) is 0 Å². The van der Waals surface area contributed by atoms with Crippen LogP contribution in [0, 0.1) is 13.8 Å². The maximum atomic E-state index is 12.5. The second-order valence-electron chi connectivity index (χ2n) is 7.52. The Kier molecular flexibility index (Phi) is 5.31. The number of hydrogen-bond acceptors (Lipinski definition) is 5. The summed E-state index contributed by atoms with van der Waals surface area (Å²) in [5.41, 5.74) is 4.16. The average Bonchev–Trinajstić information content (AvgIpc) is 3.08. The van der Waals surface area contributed by atoms with Crippen molar-refractivity contribution in [1.29, 1.82) is 0 Å². The molecule has 6 heteroatoms. The molecule has 30 heavy (non-hydrogen) atoms. The van der Waals surface area contributed by atoms with Crippen molar-refractivity contribution in [3.63, 3.8) is 0 Å². The summed E-state index contributed by atoms with van der Waals surface area (Å²) in [6.07, 6.45) is 2.88. The van der Waals surface area contributed by atoms with Crippen LogP contribution >= 0.6 is 0 Å². The highest BCUT2D eigenvalue weighted by Gasteiger charge is 2.15. The molecule has 0 atom stereocenters. The molecular weight excluding hydrogens is 382 g/mol. The summed E-state index contributed by atoms with van der Waals surface area (Å²) in [6, 6.07) is 10.6. The zero-order valence-electron chi connectivity index (χ0n) is 17.0. The fourth-order valence-corrected chi connectivity index (χ4v) is 3.66. The van der Waals surface area contributed by atoms with Crippen molar-refractivity contribution >= 4 is 27.8 Å². The highest BCUT2D eigenvalue weighted by molar-refractivity contribution is 5.96. The molecule has 0 saturated heterocycles. The van der Waals surface area contributed by atoms with Gasteiger partial charge in [0.25, 0.3) is 0 Å². The maximum absolute atomic E-state index is 12.5. The van der Waals surface area contributed by atoms with Gasteiger partial charge in [0.05, 0.1) is 6.26 Å². The standard InChI is InChI=1S/C24H23NO5/c1-14-13-29-21-12-22-20(11-19(14)21)15(2)18(24(28)30-22)7-8-23(27)25-10-9-16-3-5-17(26)6-4-16/h3-6,11-13,26H,7-10H2,1-2H3,(H,25,27). The molecule has 1 amide bonds. The largest absolute Gasteiger partial charge is 0.508 e. The fourth-order valence-electron chi connectivity index (χ4n) is 3.66. The van der Waals surface area contributed by atoms with Gasteiger partial charge in [0.2, 0.25) is 5.91 Å². The molecule has 0 saturated carbocycles. The molecular formula is C24H23NO5. The van der Waals surface area contributed by atoms with Gasteiger partial charge in [-0.25, -0.2) is 4.79 Å². The summed E-state index contributed by atoms with van der Waals surface area (Å²) in [4.78, 5) is 24.7. The molecule has 0 aliphatic heterocycles. The summed E-state index contributed by atoms with van der Waals surface area (Å²) in [6.45, 7) is 4.35. The Labute approximate surface area is 173 Å². The first kappa shape index (κ1) is 19.8. The summed E-state index contributed by atoms with van der Waals surface area (Å²) in [7, 11) is 0. The van der Waals surface area contributed by atoms with Gasteiger partial charge in [-0.2, -0.15) is 0 Å². The Balaban J connectivity index is 1.44. The number of benzene rings is 2. The van der Waals surface area contributed by atoms with Crippen molar-refractivity contribution in [3.8, 4) is 5.75 Å². The van der Waals surface area contributed by atoms with Crippen molar-refractivity contribution in [1.82, 2.24) is 5.32 Å². The Bertz CT molecular complexity index is 1280. The van der Waals surface area contributed by atoms with Crippen LogP contribution in [0.2, 0.25) is 0 Å². The number of furan rings is 1. The molecule has 2 N–H and O–H groups in total. The summed E-state index contributed by atoms with van der Waals surface area (Å²) in [5, 5.41) is 14.0. The molecule has 2 aromatic heterocycles. The molecule has 2 aromatic carbocycles. The number of aryl methyl sites for hydroxylation is 2. The zero-order chi connectivity index (χ0) is 21.3. The van der Waals surface area contributed by atoms with E-state index < -0.39 is 5.63 Å². The smallest absolute Gasteiger partial charge is 0.339 e. The van der Waals surface area contributed by atoms with Crippen molar-refractivity contribution in [2.45, 2.75) is 33.1 Å². The quantitative estimate of drug-likeness (QED) is 0.470. The third-order valence-electron chi connectivity index (χ3n) is 5.45. The molecule has 0 aliphatic carbocycles. The lowest BCUT2D eigenvalue weighted by molar-refractivity contribution is -0.121. The number of phenolic OH excluding ortho intramolecular Hbond substituents is 1. The van der Waals surface area contributed by atoms with Crippen molar-refractivity contribution in [2.75, 3.05) is 6.54 Å². The number of phenols is 1. The second-order valence-corrected chi connectivity index (χ2v) is 7.52. The lowest BCUT2D eigenvalue weighted by atomic mass is 10.0. The van der Waals surface area contributed by atoms with E-state index in [4.69, 9.17) is 8.83 Å². The van der Waals surface area contributed by atoms with E-state index in [0.717, 1.165) is 27.5 Å². The predicted molar refractivity (Wildman–Crippen MR) is 115 cm³/mol. The topological polar surface area (TPSA) is 92.7 Å². The van der Waals surface area contributed by atoms with Crippen LogP contribution in [0.3, 0.4) is 0 Å². The van der Waals surface area contributed by atoms with Gasteiger partial charge < -0.3 is 19.3 Å². The number of hydrogen-bond donors (Lipinski definition) is 2. The van der Waals surface area contributed by atoms with E-state index >= 15 is 0 Å². The van der Waals surface area contributed by atoms with Gasteiger partial charge in [0.1, 0.15) is 16.9 Å². The Morgan fingerprint density at radius 3 is 2.57 bits per heavy atom. The Hall–Kier alpha value is -3.54. The van der Waals surface area contributed by atoms with Gasteiger partial charge in [-0.15, -0.1) is 0 Å². The third kappa shape index (κ3) is 3.94. The Morgan fingerprint density at radius 2 is 1.80 bits per heavy atom. The number of fused-ring (bicyclic) bond motifs is 2. The van der Waals surface area contributed by atoms with E-state index in [1.54, 1.807) is 24.5 Å². The number of amides is 1. The van der Waals surface area contributed by atoms with Crippen LogP contribution in [0.25, 0.3) is 21.9 Å². The second kappa shape index (κ2) is 8.06. The van der Waals surface area contributed by atoms with Crippen LogP contribution in [0.5, 0.6) is 5.75 Å². The van der Waals surface area contributed by atoms with Crippen LogP contribution in [-0.2, 0) is 17.6 Å². The molecule has 0 unspecified atom stereocenters. The number of nitrogens with one attached hydrogen (secondary N) is 1. The SMILES string of the molecule is Cc1coc2cc3oc(=O)c(CCC(=O)NCCc4ccc(O)cc4)c(C)c3cc12. The van der Waals surface area contributed by atoms with E-state index in [9.17, 15) is 14.7 Å². The monoisotopic (exact) mass is 405 g/mol. The van der Waals surface area contributed by atoms with Crippen molar-refractivity contribution in [2.24, 2.45) is 0 Å². The average molecular weight is 405 g/mol. The van der Waals surface area contributed by atoms with Crippen LogP contribution < -0.4 is 10.9 Å². The highest BCUT2D eigenvalue weighted by Crippen LogP contribution is 2.29. The summed E-state index contributed by atoms with van der Waals surface area (Å²) < 4.78 is 11.0. The van der Waals surface area contributed by atoms with Crippen LogP contribution in [0.1, 0.15) is 28.7 Å². The first-order valence-corrected chi connectivity index (χ1v) is 9.91. The lowest BCUT2D eigenvalue weighted by Gasteiger charge is -2.09. The number of carbonyl (C=O) groups is 1. The minimum absolute atomic E-state index is 0.117. The van der Waals surface area contributed by atoms with Crippen LogP contribution in [-0.4, -0.2) is 17.6 Å². The molecule has 154 valence electrons. The van der Waals surface area contributed by atoms with E-state index in [1.807, 2.05) is 32.0 Å². The summed E-state index contributed by atoms with van der Waals surface area (Å²) >= 11 is 0. The minimum atomic E-state index is -0.417. The van der Waals surface area contributed by atoms with E-state index in [-0.39, 0.29) is 18.1 Å². The molecule has 0 fully saturated rings. The lowest BCUT2D eigenvalue weighted by Crippen LogP contribution is -2.26. The first-order valence-electron chi connectivity index (χ1n) is 9.91. The molecule has 0 spiro atoms. The number of aromatic hydroxyl groups is 1. The minimum Gasteiger partial charge on any atom is -0.508 e. The molecule has 0 radical (unpaired) electrons. The molecule has 0 bridgehead atoms. The molecule has 6 nitrogen and oxygen atoms in total. The van der Waals surface area contributed by atoms with Gasteiger partial charge >= 0.3 is 5.63 Å². The van der Waals surface area contributed by atoms with Gasteiger partial charge in [-0.05, 0) is 61.6 Å². The van der Waals surface area contributed by atoms with Gasteiger partial charge in [-0.3, -0.25) is 4.79 Å². The third-order valence-corrected chi connectivity index (χ3v) is 5.45. The summed E-state index contributed by atoms with van der Waals surface area (Å²) in [5.74, 6) is 0.102. The zero-order valence-corrected chi connectivity index (χ0v) is 17.0. The molecule has 4 rings (SSSR count). The van der Waals surface area contributed by atoms with Gasteiger partial charge in [-0.1, -0.05) is 12.1 Å².